The Morgan fingerprint density at radius 1 is 0.909 bits per heavy atom. The second kappa shape index (κ2) is 8.19. The van der Waals surface area contributed by atoms with Gasteiger partial charge in [-0.05, 0) is 90.3 Å². The maximum atomic E-state index is 12.9. The molecule has 0 bridgehead atoms. The summed E-state index contributed by atoms with van der Waals surface area (Å²) in [5.41, 5.74) is 0.211. The fourth-order valence-electron chi connectivity index (χ4n) is 9.86. The van der Waals surface area contributed by atoms with Crippen molar-refractivity contribution in [3.8, 4) is 0 Å². The van der Waals surface area contributed by atoms with Crippen LogP contribution in [0.15, 0.2) is 12.2 Å². The Balaban J connectivity index is 1.65. The van der Waals surface area contributed by atoms with E-state index in [2.05, 4.69) is 61.5 Å². The van der Waals surface area contributed by atoms with Gasteiger partial charge in [0.1, 0.15) is 5.78 Å². The third-order valence-electron chi connectivity index (χ3n) is 12.2. The number of rotatable bonds is 4. The first-order chi connectivity index (χ1) is 15.2. The average molecular weight is 459 g/mol. The Labute approximate surface area is 202 Å². The number of hydrogen-bond donors (Lipinski definition) is 2. The smallest absolute Gasteiger partial charge is 0.138 e. The maximum absolute atomic E-state index is 12.9. The van der Waals surface area contributed by atoms with E-state index in [4.69, 9.17) is 0 Å². The van der Waals surface area contributed by atoms with Crippen molar-refractivity contribution >= 4 is 5.78 Å². The molecular formula is C30H50O3. The molecule has 3 heteroatoms. The molecule has 4 aliphatic rings. The number of carbonyl (C=O) groups excluding carboxylic acids is 1. The van der Waals surface area contributed by atoms with Crippen molar-refractivity contribution in [3.63, 3.8) is 0 Å². The lowest BCUT2D eigenvalue weighted by molar-refractivity contribution is -0.226. The van der Waals surface area contributed by atoms with Gasteiger partial charge in [0, 0.05) is 11.8 Å². The van der Waals surface area contributed by atoms with Gasteiger partial charge >= 0.3 is 0 Å². The van der Waals surface area contributed by atoms with E-state index < -0.39 is 6.10 Å². The first-order valence-electron chi connectivity index (χ1n) is 13.8. The molecule has 4 saturated carbocycles. The molecular weight excluding hydrogens is 408 g/mol. The van der Waals surface area contributed by atoms with E-state index in [9.17, 15) is 15.0 Å². The monoisotopic (exact) mass is 458 g/mol. The van der Waals surface area contributed by atoms with Gasteiger partial charge in [-0.25, -0.2) is 0 Å². The van der Waals surface area contributed by atoms with Crippen molar-refractivity contribution < 1.29 is 15.0 Å². The number of aliphatic hydroxyl groups excluding tert-OH is 2. The summed E-state index contributed by atoms with van der Waals surface area (Å²) in [7, 11) is 0. The van der Waals surface area contributed by atoms with Crippen LogP contribution in [0.2, 0.25) is 0 Å². The molecule has 2 N–H and O–H groups in total. The van der Waals surface area contributed by atoms with E-state index in [1.807, 2.05) is 6.08 Å². The number of aliphatic hydroxyl groups is 2. The molecule has 2 unspecified atom stereocenters. The Morgan fingerprint density at radius 3 is 2.18 bits per heavy atom. The number of hydrogen-bond acceptors (Lipinski definition) is 3. The van der Waals surface area contributed by atoms with Gasteiger partial charge in [0.05, 0.1) is 12.2 Å². The second-order valence-corrected chi connectivity index (χ2v) is 14.1. The first kappa shape index (κ1) is 25.4. The minimum Gasteiger partial charge on any atom is -0.393 e. The van der Waals surface area contributed by atoms with Crippen LogP contribution in [0.4, 0.5) is 0 Å². The van der Waals surface area contributed by atoms with Gasteiger partial charge in [0.15, 0.2) is 0 Å². The lowest BCUT2D eigenvalue weighted by atomic mass is 9.35. The van der Waals surface area contributed by atoms with Crippen molar-refractivity contribution in [2.75, 3.05) is 0 Å². The zero-order chi connectivity index (χ0) is 24.6. The van der Waals surface area contributed by atoms with Crippen LogP contribution in [0.3, 0.4) is 0 Å². The van der Waals surface area contributed by atoms with E-state index in [1.165, 1.54) is 12.8 Å². The molecule has 3 nitrogen and oxygen atoms in total. The highest BCUT2D eigenvalue weighted by Gasteiger charge is 2.70. The predicted octanol–water partition coefficient (Wildman–Crippen LogP) is 6.42. The number of Topliss-reactive ketones (excluding diaryl/α,β-unsaturated/α-hetero) is 1. The van der Waals surface area contributed by atoms with E-state index in [0.29, 0.717) is 41.8 Å². The molecule has 0 aromatic rings. The van der Waals surface area contributed by atoms with Crippen LogP contribution in [0, 0.1) is 57.2 Å². The highest BCUT2D eigenvalue weighted by atomic mass is 16.3. The van der Waals surface area contributed by atoms with Gasteiger partial charge < -0.3 is 10.2 Å². The minimum atomic E-state index is -0.397. The van der Waals surface area contributed by atoms with Crippen LogP contribution in [0.5, 0.6) is 0 Å². The molecule has 188 valence electrons. The zero-order valence-corrected chi connectivity index (χ0v) is 22.5. The van der Waals surface area contributed by atoms with Crippen LogP contribution in [-0.2, 0) is 4.79 Å². The lowest BCUT2D eigenvalue weighted by Crippen LogP contribution is -2.65. The zero-order valence-electron chi connectivity index (χ0n) is 22.5. The van der Waals surface area contributed by atoms with Crippen molar-refractivity contribution in [2.24, 2.45) is 57.2 Å². The average Bonchev–Trinajstić information content (AvgIpc) is 3.11. The summed E-state index contributed by atoms with van der Waals surface area (Å²) in [6.45, 7) is 18.3. The molecule has 0 aliphatic heterocycles. The number of carbonyl (C=O) groups is 1. The number of ketones is 1. The lowest BCUT2D eigenvalue weighted by Gasteiger charge is -2.69. The van der Waals surface area contributed by atoms with Gasteiger partial charge in [0.2, 0.25) is 0 Å². The molecule has 10 atom stereocenters. The van der Waals surface area contributed by atoms with Gasteiger partial charge in [-0.1, -0.05) is 67.5 Å². The highest BCUT2D eigenvalue weighted by molar-refractivity contribution is 5.85. The quantitative estimate of drug-likeness (QED) is 0.478. The Morgan fingerprint density at radius 2 is 1.55 bits per heavy atom. The molecule has 4 rings (SSSR count). The van der Waals surface area contributed by atoms with Gasteiger partial charge in [0.25, 0.3) is 0 Å². The van der Waals surface area contributed by atoms with E-state index >= 15 is 0 Å². The number of allylic oxidation sites excluding steroid dienone is 1. The summed E-state index contributed by atoms with van der Waals surface area (Å²) >= 11 is 0. The topological polar surface area (TPSA) is 57.5 Å². The molecule has 0 radical (unpaired) electrons. The van der Waals surface area contributed by atoms with E-state index in [-0.39, 0.29) is 33.7 Å². The third-order valence-corrected chi connectivity index (χ3v) is 12.2. The van der Waals surface area contributed by atoms with Crippen LogP contribution in [0.1, 0.15) is 100 Å². The van der Waals surface area contributed by atoms with Gasteiger partial charge in [-0.2, -0.15) is 0 Å². The molecule has 0 heterocycles. The molecule has 0 saturated heterocycles. The summed E-state index contributed by atoms with van der Waals surface area (Å²) in [4.78, 5) is 12.9. The summed E-state index contributed by atoms with van der Waals surface area (Å²) in [5, 5.41) is 22.0. The molecule has 4 aliphatic carbocycles. The van der Waals surface area contributed by atoms with Crippen LogP contribution < -0.4 is 0 Å². The third kappa shape index (κ3) is 3.53. The standard InChI is InChI=1S/C30H50O3/c1-18(2)21(31)10-9-19(3)20-11-15-30(8)26(20)22(32)17-24-28(6)14-13-25(33)27(4,5)23(28)12-16-29(24,30)7/h9-10,18-24,26,31-32H,11-17H2,1-8H3/t19-,20-,21?,22+,23?,24-,26-,28+,29-,30+/m1/s1. The SMILES string of the molecule is CC(C)C(O)C=C[C@@H](C)[C@H]1CC[C@@]2(C)[C@H]1[C@@H](O)C[C@@H]1[C@@]3(C)CCC(=O)C(C)(C)C3CC[C@]12C. The van der Waals surface area contributed by atoms with Crippen LogP contribution in [0.25, 0.3) is 0 Å². The van der Waals surface area contributed by atoms with Crippen molar-refractivity contribution in [2.45, 2.75) is 113 Å². The summed E-state index contributed by atoms with van der Waals surface area (Å²) in [6.07, 6.45) is 10.8. The Bertz CT molecular complexity index is 798. The second-order valence-electron chi connectivity index (χ2n) is 14.1. The molecule has 33 heavy (non-hydrogen) atoms. The highest BCUT2D eigenvalue weighted by Crippen LogP contribution is 2.75. The molecule has 0 spiro atoms. The molecule has 0 aromatic carbocycles. The fraction of sp³-hybridized carbons (Fsp3) is 0.900. The largest absolute Gasteiger partial charge is 0.393 e. The summed E-state index contributed by atoms with van der Waals surface area (Å²) in [5.74, 6) is 2.70. The fourth-order valence-corrected chi connectivity index (χ4v) is 9.86. The maximum Gasteiger partial charge on any atom is 0.138 e. The number of fused-ring (bicyclic) bond motifs is 5. The van der Waals surface area contributed by atoms with Gasteiger partial charge in [-0.15, -0.1) is 0 Å². The Kier molecular flexibility index (Phi) is 6.31. The normalized spacial score (nSPS) is 48.9. The van der Waals surface area contributed by atoms with Crippen LogP contribution in [-0.4, -0.2) is 28.2 Å². The summed E-state index contributed by atoms with van der Waals surface area (Å²) < 4.78 is 0. The van der Waals surface area contributed by atoms with Crippen molar-refractivity contribution in [3.05, 3.63) is 12.2 Å². The van der Waals surface area contributed by atoms with Gasteiger partial charge in [-0.3, -0.25) is 4.79 Å². The Hall–Kier alpha value is -0.670. The van der Waals surface area contributed by atoms with Crippen molar-refractivity contribution in [1.82, 2.24) is 0 Å². The van der Waals surface area contributed by atoms with E-state index in [0.717, 1.165) is 25.7 Å². The predicted molar refractivity (Wildman–Crippen MR) is 135 cm³/mol. The summed E-state index contributed by atoms with van der Waals surface area (Å²) in [6, 6.07) is 0. The molecule has 0 aromatic heterocycles. The molecule has 4 fully saturated rings. The van der Waals surface area contributed by atoms with Crippen molar-refractivity contribution in [1.29, 1.82) is 0 Å². The molecule has 0 amide bonds. The first-order valence-corrected chi connectivity index (χ1v) is 13.8. The van der Waals surface area contributed by atoms with Crippen LogP contribution >= 0.6 is 0 Å². The van der Waals surface area contributed by atoms with E-state index in [1.54, 1.807) is 0 Å². The minimum absolute atomic E-state index is 0.123.